The molecule has 4 amide bonds. The monoisotopic (exact) mass is 373 g/mol. The minimum Gasteiger partial charge on any atom is -0.481 e. The summed E-state index contributed by atoms with van der Waals surface area (Å²) in [5, 5.41) is 13.7. The number of aliphatic carboxylic acids is 1. The molecule has 0 atom stereocenters. The summed E-state index contributed by atoms with van der Waals surface area (Å²) in [6.07, 6.45) is 5.17. The van der Waals surface area contributed by atoms with Crippen LogP contribution in [0.15, 0.2) is 18.2 Å². The Bertz CT molecular complexity index is 771. The highest BCUT2D eigenvalue weighted by molar-refractivity contribution is 6.22. The first-order chi connectivity index (χ1) is 13.0. The van der Waals surface area contributed by atoms with Crippen LogP contribution in [-0.2, 0) is 4.79 Å². The van der Waals surface area contributed by atoms with E-state index < -0.39 is 12.0 Å². The minimum atomic E-state index is -0.915. The van der Waals surface area contributed by atoms with E-state index in [9.17, 15) is 19.2 Å². The Morgan fingerprint density at radius 2 is 1.78 bits per heavy atom. The van der Waals surface area contributed by atoms with E-state index in [0.29, 0.717) is 23.2 Å². The molecule has 0 aromatic heterocycles. The highest BCUT2D eigenvalue weighted by atomic mass is 16.4. The van der Waals surface area contributed by atoms with Crippen molar-refractivity contribution in [2.45, 2.75) is 51.0 Å². The van der Waals surface area contributed by atoms with Crippen molar-refractivity contribution in [3.63, 3.8) is 0 Å². The van der Waals surface area contributed by atoms with Crippen molar-refractivity contribution in [3.8, 4) is 0 Å². The first kappa shape index (κ1) is 18.9. The van der Waals surface area contributed by atoms with E-state index in [1.54, 1.807) is 12.1 Å². The van der Waals surface area contributed by atoms with Crippen LogP contribution in [0.25, 0.3) is 0 Å². The molecule has 3 N–H and O–H groups in total. The molecule has 1 fully saturated rings. The molecule has 0 saturated heterocycles. The number of carbonyl (C=O) groups excluding carboxylic acids is 3. The van der Waals surface area contributed by atoms with Crippen molar-refractivity contribution in [1.29, 1.82) is 0 Å². The van der Waals surface area contributed by atoms with Gasteiger partial charge in [-0.15, -0.1) is 0 Å². The number of anilines is 1. The van der Waals surface area contributed by atoms with Gasteiger partial charge in [0.2, 0.25) is 0 Å². The van der Waals surface area contributed by atoms with E-state index >= 15 is 0 Å². The second kappa shape index (κ2) is 8.20. The van der Waals surface area contributed by atoms with Gasteiger partial charge in [0.1, 0.15) is 0 Å². The zero-order valence-corrected chi connectivity index (χ0v) is 15.0. The van der Waals surface area contributed by atoms with Gasteiger partial charge in [0.15, 0.2) is 0 Å². The predicted octanol–water partition coefficient (Wildman–Crippen LogP) is 2.60. The van der Waals surface area contributed by atoms with Crippen molar-refractivity contribution < 1.29 is 24.3 Å². The quantitative estimate of drug-likeness (QED) is 0.524. The molecule has 0 unspecified atom stereocenters. The lowest BCUT2D eigenvalue weighted by molar-refractivity contribution is -0.137. The van der Waals surface area contributed by atoms with Crippen molar-refractivity contribution in [1.82, 2.24) is 10.2 Å². The van der Waals surface area contributed by atoms with Crippen molar-refractivity contribution in [2.75, 3.05) is 11.9 Å². The summed E-state index contributed by atoms with van der Waals surface area (Å²) in [6.45, 7) is 0.232. The number of carboxylic acid groups (broad SMARTS) is 1. The molecule has 27 heavy (non-hydrogen) atoms. The molecule has 0 radical (unpaired) electrons. The van der Waals surface area contributed by atoms with Crippen LogP contribution < -0.4 is 10.6 Å². The summed E-state index contributed by atoms with van der Waals surface area (Å²) < 4.78 is 0. The third-order valence-electron chi connectivity index (χ3n) is 4.97. The maximum atomic E-state index is 12.7. The smallest absolute Gasteiger partial charge is 0.319 e. The number of hydrogen-bond donors (Lipinski definition) is 3. The molecule has 0 spiro atoms. The van der Waals surface area contributed by atoms with E-state index in [2.05, 4.69) is 10.6 Å². The van der Waals surface area contributed by atoms with Gasteiger partial charge in [-0.2, -0.15) is 0 Å². The topological polar surface area (TPSA) is 116 Å². The van der Waals surface area contributed by atoms with E-state index in [1.165, 1.54) is 11.0 Å². The summed E-state index contributed by atoms with van der Waals surface area (Å²) in [5.41, 5.74) is 1.10. The number of carbonyl (C=O) groups is 4. The SMILES string of the molecule is O=C(O)CCCNC(=O)Nc1ccc2c(c1)C(=O)N(C1CCCCC1)C2=O. The molecule has 8 nitrogen and oxygen atoms in total. The molecule has 2 aliphatic rings. The fraction of sp³-hybridized carbons (Fsp3) is 0.474. The van der Waals surface area contributed by atoms with Crippen LogP contribution in [0.1, 0.15) is 65.7 Å². The first-order valence-corrected chi connectivity index (χ1v) is 9.26. The third kappa shape index (κ3) is 4.27. The van der Waals surface area contributed by atoms with Gasteiger partial charge >= 0.3 is 12.0 Å². The van der Waals surface area contributed by atoms with Crippen LogP contribution in [0.5, 0.6) is 0 Å². The Kier molecular flexibility index (Phi) is 5.73. The maximum Gasteiger partial charge on any atom is 0.319 e. The number of rotatable bonds is 6. The fourth-order valence-corrected chi connectivity index (χ4v) is 3.62. The number of imide groups is 1. The van der Waals surface area contributed by atoms with Crippen LogP contribution in [0, 0.1) is 0 Å². The van der Waals surface area contributed by atoms with Gasteiger partial charge < -0.3 is 15.7 Å². The average molecular weight is 373 g/mol. The maximum absolute atomic E-state index is 12.7. The minimum absolute atomic E-state index is 0.0211. The predicted molar refractivity (Wildman–Crippen MR) is 97.7 cm³/mol. The standard InChI is InChI=1S/C19H23N3O5/c23-16(24)7-4-10-20-19(27)21-12-8-9-14-15(11-12)18(26)22(17(14)25)13-5-2-1-3-6-13/h8-9,11,13H,1-7,10H2,(H,23,24)(H2,20,21,27). The molecule has 1 aromatic rings. The normalized spacial score (nSPS) is 17.0. The van der Waals surface area contributed by atoms with Crippen LogP contribution in [0.2, 0.25) is 0 Å². The van der Waals surface area contributed by atoms with Crippen LogP contribution in [-0.4, -0.2) is 46.4 Å². The lowest BCUT2D eigenvalue weighted by Gasteiger charge is -2.29. The van der Waals surface area contributed by atoms with Gasteiger partial charge in [0.05, 0.1) is 11.1 Å². The van der Waals surface area contributed by atoms with E-state index in [4.69, 9.17) is 5.11 Å². The Morgan fingerprint density at radius 3 is 2.48 bits per heavy atom. The Labute approximate surface area is 156 Å². The number of nitrogens with zero attached hydrogens (tertiary/aromatic N) is 1. The molecule has 1 saturated carbocycles. The summed E-state index contributed by atoms with van der Waals surface area (Å²) in [7, 11) is 0. The van der Waals surface area contributed by atoms with Gasteiger partial charge in [0, 0.05) is 24.7 Å². The van der Waals surface area contributed by atoms with Crippen LogP contribution >= 0.6 is 0 Å². The van der Waals surface area contributed by atoms with Crippen molar-refractivity contribution >= 4 is 29.5 Å². The second-order valence-corrected chi connectivity index (χ2v) is 6.91. The summed E-state index contributed by atoms with van der Waals surface area (Å²) in [5.74, 6) is -1.47. The molecule has 0 bridgehead atoms. The zero-order valence-electron chi connectivity index (χ0n) is 15.0. The van der Waals surface area contributed by atoms with Crippen LogP contribution in [0.4, 0.5) is 10.5 Å². The van der Waals surface area contributed by atoms with E-state index in [1.807, 2.05) is 0 Å². The molecular weight excluding hydrogens is 350 g/mol. The second-order valence-electron chi connectivity index (χ2n) is 6.91. The summed E-state index contributed by atoms with van der Waals surface area (Å²) >= 11 is 0. The molecule has 3 rings (SSSR count). The lowest BCUT2D eigenvalue weighted by Crippen LogP contribution is -2.40. The molecule has 144 valence electrons. The Hall–Kier alpha value is -2.90. The molecule has 1 aliphatic carbocycles. The highest BCUT2D eigenvalue weighted by Crippen LogP contribution is 2.32. The zero-order chi connectivity index (χ0) is 19.4. The Balaban J connectivity index is 1.63. The number of urea groups is 1. The van der Waals surface area contributed by atoms with Gasteiger partial charge in [0.25, 0.3) is 11.8 Å². The largest absolute Gasteiger partial charge is 0.481 e. The number of fused-ring (bicyclic) bond motifs is 1. The van der Waals surface area contributed by atoms with Gasteiger partial charge in [-0.3, -0.25) is 19.3 Å². The van der Waals surface area contributed by atoms with Crippen molar-refractivity contribution in [3.05, 3.63) is 29.3 Å². The van der Waals surface area contributed by atoms with Crippen LogP contribution in [0.3, 0.4) is 0 Å². The first-order valence-electron chi connectivity index (χ1n) is 9.26. The molecule has 1 heterocycles. The number of benzene rings is 1. The molecule has 8 heteroatoms. The van der Waals surface area contributed by atoms with Gasteiger partial charge in [-0.25, -0.2) is 4.79 Å². The summed E-state index contributed by atoms with van der Waals surface area (Å²) in [6, 6.07) is 4.15. The van der Waals surface area contributed by atoms with E-state index in [0.717, 1.165) is 32.1 Å². The average Bonchev–Trinajstić information content (AvgIpc) is 2.90. The summed E-state index contributed by atoms with van der Waals surface area (Å²) in [4.78, 5) is 49.1. The third-order valence-corrected chi connectivity index (χ3v) is 4.97. The highest BCUT2D eigenvalue weighted by Gasteiger charge is 2.40. The molecular formula is C19H23N3O5. The number of carboxylic acids is 1. The Morgan fingerprint density at radius 1 is 1.07 bits per heavy atom. The van der Waals surface area contributed by atoms with Gasteiger partial charge in [-0.1, -0.05) is 19.3 Å². The van der Waals surface area contributed by atoms with Crippen molar-refractivity contribution in [2.24, 2.45) is 0 Å². The van der Waals surface area contributed by atoms with E-state index in [-0.39, 0.29) is 30.8 Å². The molecule has 1 aromatic carbocycles. The van der Waals surface area contributed by atoms with Gasteiger partial charge in [-0.05, 0) is 37.5 Å². The lowest BCUT2D eigenvalue weighted by atomic mass is 9.94. The number of hydrogen-bond acceptors (Lipinski definition) is 4. The molecule has 1 aliphatic heterocycles. The number of nitrogens with one attached hydrogen (secondary N) is 2. The fourth-order valence-electron chi connectivity index (χ4n) is 3.62. The number of amides is 4.